The van der Waals surface area contributed by atoms with Gasteiger partial charge in [-0.1, -0.05) is 13.0 Å². The van der Waals surface area contributed by atoms with Crippen LogP contribution >= 0.6 is 0 Å². The molecule has 4 heteroatoms. The highest BCUT2D eigenvalue weighted by atomic mass is 16.5. The van der Waals surface area contributed by atoms with E-state index in [9.17, 15) is 0 Å². The van der Waals surface area contributed by atoms with Crippen molar-refractivity contribution in [3.05, 3.63) is 23.9 Å². The number of hydrogen-bond acceptors (Lipinski definition) is 4. The molecule has 0 atom stereocenters. The van der Waals surface area contributed by atoms with Gasteiger partial charge in [-0.3, -0.25) is 0 Å². The largest absolute Gasteiger partial charge is 0.476 e. The predicted octanol–water partition coefficient (Wildman–Crippen LogP) is 2.05. The summed E-state index contributed by atoms with van der Waals surface area (Å²) < 4.78 is 5.82. The standard InChI is InChI=1S/C15H25N3O/c1-3-8-16-12-13-5-4-9-17-15(13)19-11-10-18(2)14-6-7-14/h4-5,9,14,16H,3,6-8,10-12H2,1-2H3. The second-order valence-corrected chi connectivity index (χ2v) is 5.20. The average Bonchev–Trinajstić information content (AvgIpc) is 3.25. The molecule has 0 saturated heterocycles. The van der Waals surface area contributed by atoms with Crippen molar-refractivity contribution in [1.29, 1.82) is 0 Å². The zero-order chi connectivity index (χ0) is 13.5. The summed E-state index contributed by atoms with van der Waals surface area (Å²) in [6, 6.07) is 4.83. The first-order valence-corrected chi connectivity index (χ1v) is 7.29. The fourth-order valence-electron chi connectivity index (χ4n) is 2.07. The monoisotopic (exact) mass is 263 g/mol. The number of pyridine rings is 1. The lowest BCUT2D eigenvalue weighted by atomic mass is 10.2. The predicted molar refractivity (Wildman–Crippen MR) is 77.4 cm³/mol. The van der Waals surface area contributed by atoms with Gasteiger partial charge in [-0.15, -0.1) is 0 Å². The SMILES string of the molecule is CCCNCc1cccnc1OCCN(C)C1CC1. The first-order chi connectivity index (χ1) is 9.31. The molecule has 2 rings (SSSR count). The van der Waals surface area contributed by atoms with Crippen LogP contribution in [0.5, 0.6) is 5.88 Å². The number of rotatable bonds is 9. The molecular formula is C15H25N3O. The number of nitrogens with one attached hydrogen (secondary N) is 1. The van der Waals surface area contributed by atoms with E-state index in [-0.39, 0.29) is 0 Å². The number of ether oxygens (including phenoxy) is 1. The van der Waals surface area contributed by atoms with E-state index >= 15 is 0 Å². The molecule has 1 aromatic heterocycles. The summed E-state index contributed by atoms with van der Waals surface area (Å²) in [5.41, 5.74) is 1.14. The van der Waals surface area contributed by atoms with Crippen LogP contribution in [0.15, 0.2) is 18.3 Å². The summed E-state index contributed by atoms with van der Waals surface area (Å²) in [5.74, 6) is 0.773. The Hall–Kier alpha value is -1.13. The summed E-state index contributed by atoms with van der Waals surface area (Å²) in [6.07, 6.45) is 5.62. The first kappa shape index (κ1) is 14.3. The van der Waals surface area contributed by atoms with Crippen molar-refractivity contribution < 1.29 is 4.74 Å². The lowest BCUT2D eigenvalue weighted by molar-refractivity contribution is 0.224. The summed E-state index contributed by atoms with van der Waals surface area (Å²) in [6.45, 7) is 5.71. The van der Waals surface area contributed by atoms with Gasteiger partial charge in [0, 0.05) is 30.9 Å². The van der Waals surface area contributed by atoms with Gasteiger partial charge in [0.15, 0.2) is 0 Å². The summed E-state index contributed by atoms with van der Waals surface area (Å²) in [4.78, 5) is 6.71. The van der Waals surface area contributed by atoms with Crippen molar-refractivity contribution in [2.24, 2.45) is 0 Å². The van der Waals surface area contributed by atoms with E-state index in [4.69, 9.17) is 4.74 Å². The van der Waals surface area contributed by atoms with Crippen molar-refractivity contribution in [2.45, 2.75) is 38.8 Å². The Balaban J connectivity index is 1.77. The zero-order valence-corrected chi connectivity index (χ0v) is 12.1. The van der Waals surface area contributed by atoms with Crippen LogP contribution in [0.4, 0.5) is 0 Å². The van der Waals surface area contributed by atoms with E-state index in [1.54, 1.807) is 6.20 Å². The molecule has 0 spiro atoms. The molecular weight excluding hydrogens is 238 g/mol. The van der Waals surface area contributed by atoms with Gasteiger partial charge in [0.2, 0.25) is 5.88 Å². The third-order valence-corrected chi connectivity index (χ3v) is 3.45. The van der Waals surface area contributed by atoms with Crippen molar-refractivity contribution in [1.82, 2.24) is 15.2 Å². The van der Waals surface area contributed by atoms with Crippen LogP contribution in [0.3, 0.4) is 0 Å². The van der Waals surface area contributed by atoms with Crippen LogP contribution < -0.4 is 10.1 Å². The van der Waals surface area contributed by atoms with Crippen molar-refractivity contribution in [3.63, 3.8) is 0 Å². The van der Waals surface area contributed by atoms with Crippen molar-refractivity contribution >= 4 is 0 Å². The van der Waals surface area contributed by atoms with Crippen LogP contribution in [0.25, 0.3) is 0 Å². The number of aromatic nitrogens is 1. The van der Waals surface area contributed by atoms with Gasteiger partial charge in [0.25, 0.3) is 0 Å². The van der Waals surface area contributed by atoms with Crippen LogP contribution in [-0.4, -0.2) is 42.7 Å². The summed E-state index contributed by atoms with van der Waals surface area (Å²) in [7, 11) is 2.17. The molecule has 0 unspecified atom stereocenters. The molecule has 4 nitrogen and oxygen atoms in total. The van der Waals surface area contributed by atoms with Crippen LogP contribution in [0.1, 0.15) is 31.7 Å². The molecule has 1 N–H and O–H groups in total. The number of nitrogens with zero attached hydrogens (tertiary/aromatic N) is 2. The molecule has 1 aliphatic carbocycles. The fourth-order valence-corrected chi connectivity index (χ4v) is 2.07. The van der Waals surface area contributed by atoms with Gasteiger partial charge in [-0.25, -0.2) is 4.98 Å². The molecule has 0 radical (unpaired) electrons. The minimum atomic E-state index is 0.713. The van der Waals surface area contributed by atoms with E-state index in [1.807, 2.05) is 6.07 Å². The Morgan fingerprint density at radius 3 is 3.05 bits per heavy atom. The molecule has 0 bridgehead atoms. The molecule has 1 fully saturated rings. The van der Waals surface area contributed by atoms with Crippen molar-refractivity contribution in [3.8, 4) is 5.88 Å². The van der Waals surface area contributed by atoms with Crippen LogP contribution in [0.2, 0.25) is 0 Å². The molecule has 0 aliphatic heterocycles. The Bertz CT molecular complexity index is 379. The van der Waals surface area contributed by atoms with E-state index in [0.29, 0.717) is 6.61 Å². The highest BCUT2D eigenvalue weighted by Gasteiger charge is 2.25. The number of likely N-dealkylation sites (N-methyl/N-ethyl adjacent to an activating group) is 1. The third kappa shape index (κ3) is 4.80. The topological polar surface area (TPSA) is 37.4 Å². The molecule has 1 aliphatic rings. The molecule has 0 aromatic carbocycles. The molecule has 106 valence electrons. The van der Waals surface area contributed by atoms with Crippen LogP contribution in [-0.2, 0) is 6.54 Å². The average molecular weight is 263 g/mol. The van der Waals surface area contributed by atoms with Crippen molar-refractivity contribution in [2.75, 3.05) is 26.7 Å². The van der Waals surface area contributed by atoms with Crippen LogP contribution in [0, 0.1) is 0 Å². The Labute approximate surface area is 116 Å². The fraction of sp³-hybridized carbons (Fsp3) is 0.667. The second kappa shape index (κ2) is 7.46. The smallest absolute Gasteiger partial charge is 0.217 e. The lowest BCUT2D eigenvalue weighted by Crippen LogP contribution is -2.26. The summed E-state index contributed by atoms with van der Waals surface area (Å²) >= 11 is 0. The summed E-state index contributed by atoms with van der Waals surface area (Å²) in [5, 5.41) is 3.39. The van der Waals surface area contributed by atoms with E-state index in [2.05, 4.69) is 35.2 Å². The van der Waals surface area contributed by atoms with Gasteiger partial charge in [-0.05, 0) is 38.9 Å². The maximum absolute atomic E-state index is 5.82. The molecule has 0 amide bonds. The quantitative estimate of drug-likeness (QED) is 0.692. The zero-order valence-electron chi connectivity index (χ0n) is 12.1. The number of hydrogen-bond donors (Lipinski definition) is 1. The van der Waals surface area contributed by atoms with E-state index in [0.717, 1.165) is 43.5 Å². The highest BCUT2D eigenvalue weighted by molar-refractivity contribution is 5.25. The Morgan fingerprint density at radius 2 is 2.32 bits per heavy atom. The molecule has 1 heterocycles. The Kier molecular flexibility index (Phi) is 5.61. The molecule has 1 aromatic rings. The van der Waals surface area contributed by atoms with Gasteiger partial charge < -0.3 is 15.0 Å². The van der Waals surface area contributed by atoms with Gasteiger partial charge >= 0.3 is 0 Å². The van der Waals surface area contributed by atoms with Gasteiger partial charge in [0.1, 0.15) is 6.61 Å². The van der Waals surface area contributed by atoms with Gasteiger partial charge in [0.05, 0.1) is 0 Å². The molecule has 1 saturated carbocycles. The van der Waals surface area contributed by atoms with E-state index < -0.39 is 0 Å². The lowest BCUT2D eigenvalue weighted by Gasteiger charge is -2.16. The normalized spacial score (nSPS) is 14.9. The maximum atomic E-state index is 5.82. The molecule has 19 heavy (non-hydrogen) atoms. The van der Waals surface area contributed by atoms with Gasteiger partial charge in [-0.2, -0.15) is 0 Å². The third-order valence-electron chi connectivity index (χ3n) is 3.45. The minimum Gasteiger partial charge on any atom is -0.476 e. The Morgan fingerprint density at radius 1 is 1.47 bits per heavy atom. The highest BCUT2D eigenvalue weighted by Crippen LogP contribution is 2.24. The second-order valence-electron chi connectivity index (χ2n) is 5.20. The van der Waals surface area contributed by atoms with E-state index in [1.165, 1.54) is 12.8 Å². The first-order valence-electron chi connectivity index (χ1n) is 7.29. The minimum absolute atomic E-state index is 0.713. The maximum Gasteiger partial charge on any atom is 0.217 e.